The number of H-pyrrole nitrogens is 1. The van der Waals surface area contributed by atoms with Gasteiger partial charge in [0.2, 0.25) is 0 Å². The molecule has 2 atom stereocenters. The molecule has 0 saturated heterocycles. The Hall–Kier alpha value is -4.29. The van der Waals surface area contributed by atoms with E-state index >= 15 is 0 Å². The third-order valence-corrected chi connectivity index (χ3v) is 7.29. The van der Waals surface area contributed by atoms with Gasteiger partial charge in [0, 0.05) is 56.7 Å². The molecule has 1 spiro atoms. The number of carbonyl (C=O) groups is 3. The van der Waals surface area contributed by atoms with E-state index in [1.807, 2.05) is 54.7 Å². The maximum Gasteiger partial charge on any atom is 0.254 e. The monoisotopic (exact) mass is 445 g/mol. The molecule has 6 heteroatoms. The van der Waals surface area contributed by atoms with Gasteiger partial charge in [-0.05, 0) is 24.1 Å². The van der Waals surface area contributed by atoms with Crippen LogP contribution in [0.2, 0.25) is 0 Å². The van der Waals surface area contributed by atoms with Gasteiger partial charge in [0.25, 0.3) is 5.91 Å². The fourth-order valence-corrected chi connectivity index (χ4v) is 5.83. The van der Waals surface area contributed by atoms with Gasteiger partial charge in [-0.1, -0.05) is 60.7 Å². The number of aromatic amines is 1. The fourth-order valence-electron chi connectivity index (χ4n) is 5.83. The van der Waals surface area contributed by atoms with Crippen LogP contribution in [0.4, 0.5) is 5.69 Å². The molecule has 0 fully saturated rings. The van der Waals surface area contributed by atoms with Crippen molar-refractivity contribution in [3.05, 3.63) is 112 Å². The summed E-state index contributed by atoms with van der Waals surface area (Å²) in [5, 5.41) is 7.45. The summed E-state index contributed by atoms with van der Waals surface area (Å²) in [4.78, 5) is 44.5. The second-order valence-electron chi connectivity index (χ2n) is 9.00. The zero-order valence-electron chi connectivity index (χ0n) is 18.0. The van der Waals surface area contributed by atoms with E-state index in [9.17, 15) is 14.4 Å². The molecule has 1 aliphatic carbocycles. The SMILES string of the molecule is O=C1C2=C(C(=O)c3ccccc31)[C@]1(N[C@@H]2Cc2c[nH]c3ccccc23)C(=O)Nc2ccccc21. The van der Waals surface area contributed by atoms with Crippen LogP contribution in [0.1, 0.15) is 31.8 Å². The van der Waals surface area contributed by atoms with E-state index in [0.717, 1.165) is 16.5 Å². The van der Waals surface area contributed by atoms with Crippen LogP contribution in [0, 0.1) is 0 Å². The van der Waals surface area contributed by atoms with Crippen LogP contribution >= 0.6 is 0 Å². The molecule has 6 nitrogen and oxygen atoms in total. The summed E-state index contributed by atoms with van der Waals surface area (Å²) < 4.78 is 0. The lowest BCUT2D eigenvalue weighted by atomic mass is 9.74. The molecule has 164 valence electrons. The van der Waals surface area contributed by atoms with Crippen molar-refractivity contribution in [2.45, 2.75) is 18.0 Å². The van der Waals surface area contributed by atoms with Crippen molar-refractivity contribution in [2.24, 2.45) is 0 Å². The molecule has 0 radical (unpaired) electrons. The first kappa shape index (κ1) is 19.2. The number of ketones is 2. The Morgan fingerprint density at radius 1 is 0.794 bits per heavy atom. The number of fused-ring (bicyclic) bond motifs is 5. The molecule has 0 unspecified atom stereocenters. The van der Waals surface area contributed by atoms with Gasteiger partial charge in [0.1, 0.15) is 0 Å². The zero-order valence-corrected chi connectivity index (χ0v) is 18.0. The molecule has 0 saturated carbocycles. The highest BCUT2D eigenvalue weighted by molar-refractivity contribution is 6.32. The number of amides is 1. The Balaban J connectivity index is 1.46. The van der Waals surface area contributed by atoms with E-state index in [1.54, 1.807) is 24.3 Å². The number of hydrogen-bond acceptors (Lipinski definition) is 4. The topological polar surface area (TPSA) is 91.1 Å². The van der Waals surface area contributed by atoms with Crippen molar-refractivity contribution < 1.29 is 14.4 Å². The maximum atomic E-state index is 13.9. The Bertz CT molecular complexity index is 1610. The Morgan fingerprint density at radius 3 is 2.35 bits per heavy atom. The van der Waals surface area contributed by atoms with E-state index < -0.39 is 11.6 Å². The van der Waals surface area contributed by atoms with Crippen LogP contribution in [0.5, 0.6) is 0 Å². The molecule has 3 heterocycles. The molecule has 2 aliphatic heterocycles. The minimum Gasteiger partial charge on any atom is -0.361 e. The number of aromatic nitrogens is 1. The zero-order chi connectivity index (χ0) is 23.0. The smallest absolute Gasteiger partial charge is 0.254 e. The molecule has 0 bridgehead atoms. The van der Waals surface area contributed by atoms with Gasteiger partial charge in [-0.3, -0.25) is 19.7 Å². The molecular formula is C28H19N3O3. The number of nitrogens with one attached hydrogen (secondary N) is 3. The van der Waals surface area contributed by atoms with Crippen LogP contribution < -0.4 is 10.6 Å². The van der Waals surface area contributed by atoms with Crippen molar-refractivity contribution in [1.29, 1.82) is 0 Å². The summed E-state index contributed by atoms with van der Waals surface area (Å²) in [5.41, 5.74) is 3.32. The summed E-state index contributed by atoms with van der Waals surface area (Å²) in [6, 6.07) is 21.7. The summed E-state index contributed by atoms with van der Waals surface area (Å²) in [7, 11) is 0. The highest BCUT2D eigenvalue weighted by atomic mass is 16.2. The molecule has 3 N–H and O–H groups in total. The number of Topliss-reactive ketones (excluding diaryl/α,β-unsaturated/α-hetero) is 2. The van der Waals surface area contributed by atoms with Crippen LogP contribution in [0.15, 0.2) is 90.1 Å². The summed E-state index contributed by atoms with van der Waals surface area (Å²) >= 11 is 0. The Labute approximate surface area is 194 Å². The third kappa shape index (κ3) is 2.30. The predicted molar refractivity (Wildman–Crippen MR) is 128 cm³/mol. The molecule has 1 amide bonds. The highest BCUT2D eigenvalue weighted by Gasteiger charge is 2.60. The summed E-state index contributed by atoms with van der Waals surface area (Å²) in [5.74, 6) is -0.800. The molecule has 34 heavy (non-hydrogen) atoms. The van der Waals surface area contributed by atoms with Gasteiger partial charge in [0.05, 0.1) is 0 Å². The van der Waals surface area contributed by atoms with Crippen molar-refractivity contribution in [3.8, 4) is 0 Å². The van der Waals surface area contributed by atoms with E-state index in [0.29, 0.717) is 34.4 Å². The van der Waals surface area contributed by atoms with E-state index in [1.165, 1.54) is 0 Å². The van der Waals surface area contributed by atoms with Gasteiger partial charge in [-0.25, -0.2) is 0 Å². The van der Waals surface area contributed by atoms with Crippen LogP contribution in [-0.2, 0) is 16.8 Å². The van der Waals surface area contributed by atoms with Crippen LogP contribution in [-0.4, -0.2) is 28.5 Å². The number of hydrogen-bond donors (Lipinski definition) is 3. The number of para-hydroxylation sites is 2. The largest absolute Gasteiger partial charge is 0.361 e. The minimum absolute atomic E-state index is 0.198. The lowest BCUT2D eigenvalue weighted by Gasteiger charge is -2.27. The summed E-state index contributed by atoms with van der Waals surface area (Å²) in [6.07, 6.45) is 2.39. The first-order valence-corrected chi connectivity index (χ1v) is 11.3. The predicted octanol–water partition coefficient (Wildman–Crippen LogP) is 3.91. The van der Waals surface area contributed by atoms with Gasteiger partial charge in [-0.2, -0.15) is 0 Å². The van der Waals surface area contributed by atoms with Crippen LogP contribution in [0.25, 0.3) is 10.9 Å². The summed E-state index contributed by atoms with van der Waals surface area (Å²) in [6.45, 7) is 0. The van der Waals surface area contributed by atoms with Gasteiger partial charge in [0.15, 0.2) is 17.1 Å². The quantitative estimate of drug-likeness (QED) is 0.436. The second kappa shape index (κ2) is 6.62. The normalized spacial score (nSPS) is 22.8. The standard InChI is InChI=1S/C28H19N3O3/c32-25-17-8-1-2-9-18(17)26(33)24-23(25)22(13-15-14-29-20-11-5-3-7-16(15)20)31-28(24)19-10-4-6-12-21(19)30-27(28)34/h1-12,14,22,29,31H,13H2,(H,30,34)/t22-,28+/m1/s1. The average molecular weight is 445 g/mol. The second-order valence-corrected chi connectivity index (χ2v) is 9.00. The van der Waals surface area contributed by atoms with Crippen molar-refractivity contribution in [3.63, 3.8) is 0 Å². The number of anilines is 1. The fraction of sp³-hybridized carbons (Fsp3) is 0.107. The van der Waals surface area contributed by atoms with E-state index in [2.05, 4.69) is 15.6 Å². The van der Waals surface area contributed by atoms with Gasteiger partial charge < -0.3 is 10.3 Å². The number of carbonyl (C=O) groups excluding carboxylic acids is 3. The molecular weight excluding hydrogens is 426 g/mol. The average Bonchev–Trinajstić information content (AvgIpc) is 3.51. The highest BCUT2D eigenvalue weighted by Crippen LogP contribution is 2.50. The van der Waals surface area contributed by atoms with Gasteiger partial charge in [-0.15, -0.1) is 0 Å². The van der Waals surface area contributed by atoms with E-state index in [4.69, 9.17) is 0 Å². The Morgan fingerprint density at radius 2 is 1.50 bits per heavy atom. The molecule has 7 rings (SSSR count). The van der Waals surface area contributed by atoms with E-state index in [-0.39, 0.29) is 23.0 Å². The molecule has 3 aliphatic rings. The van der Waals surface area contributed by atoms with Crippen molar-refractivity contribution >= 4 is 34.1 Å². The van der Waals surface area contributed by atoms with Crippen LogP contribution in [0.3, 0.4) is 0 Å². The van der Waals surface area contributed by atoms with Crippen molar-refractivity contribution in [1.82, 2.24) is 10.3 Å². The first-order chi connectivity index (χ1) is 16.6. The molecule has 1 aromatic heterocycles. The maximum absolute atomic E-state index is 13.9. The lowest BCUT2D eigenvalue weighted by molar-refractivity contribution is -0.120. The third-order valence-electron chi connectivity index (χ3n) is 7.29. The number of benzene rings is 3. The Kier molecular flexibility index (Phi) is 3.74. The lowest BCUT2D eigenvalue weighted by Crippen LogP contribution is -2.50. The minimum atomic E-state index is -1.40. The molecule has 4 aromatic rings. The molecule has 3 aromatic carbocycles. The first-order valence-electron chi connectivity index (χ1n) is 11.3. The van der Waals surface area contributed by atoms with Gasteiger partial charge >= 0.3 is 0 Å². The van der Waals surface area contributed by atoms with Crippen molar-refractivity contribution in [2.75, 3.05) is 5.32 Å². The number of rotatable bonds is 2.